The van der Waals surface area contributed by atoms with Crippen LogP contribution in [0.4, 0.5) is 20.6 Å². The fourth-order valence-corrected chi connectivity index (χ4v) is 4.13. The van der Waals surface area contributed by atoms with Gasteiger partial charge in [0.1, 0.15) is 11.9 Å². The molecule has 1 heterocycles. The van der Waals surface area contributed by atoms with Crippen molar-refractivity contribution >= 4 is 40.6 Å². The first-order valence-corrected chi connectivity index (χ1v) is 12.1. The average molecular weight is 507 g/mol. The predicted octanol–water partition coefficient (Wildman–Crippen LogP) is 6.19. The number of halogens is 2. The van der Waals surface area contributed by atoms with E-state index >= 15 is 0 Å². The Morgan fingerprint density at radius 3 is 2.50 bits per heavy atom. The van der Waals surface area contributed by atoms with Gasteiger partial charge in [0.15, 0.2) is 0 Å². The number of urea groups is 1. The number of aryl methyl sites for hydroxylation is 1. The van der Waals surface area contributed by atoms with Gasteiger partial charge in [0.25, 0.3) is 0 Å². The van der Waals surface area contributed by atoms with Crippen molar-refractivity contribution in [3.05, 3.63) is 94.3 Å². The van der Waals surface area contributed by atoms with Crippen LogP contribution in [-0.2, 0) is 11.2 Å². The summed E-state index contributed by atoms with van der Waals surface area (Å²) in [6, 6.07) is 17.9. The van der Waals surface area contributed by atoms with Crippen LogP contribution >= 0.6 is 11.6 Å². The van der Waals surface area contributed by atoms with Crippen LogP contribution in [0.15, 0.2) is 71.7 Å². The second-order valence-corrected chi connectivity index (χ2v) is 10.1. The number of fused-ring (bicyclic) bond motifs is 1. The summed E-state index contributed by atoms with van der Waals surface area (Å²) >= 11 is 6.29. The summed E-state index contributed by atoms with van der Waals surface area (Å²) < 4.78 is 14.2. The second kappa shape index (κ2) is 10.5. The molecule has 1 aliphatic heterocycles. The lowest BCUT2D eigenvalue weighted by molar-refractivity contribution is -0.117. The first-order chi connectivity index (χ1) is 17.1. The SMILES string of the molecule is CC(C)(C)NC(=O)Nc1ccc(C2=NC(CCc3ccccc3F)C(=O)Nc3ccc(Cl)cc32)cc1. The van der Waals surface area contributed by atoms with Gasteiger partial charge in [-0.1, -0.05) is 41.9 Å². The lowest BCUT2D eigenvalue weighted by Gasteiger charge is -2.20. The third-order valence-electron chi connectivity index (χ3n) is 5.63. The molecule has 3 amide bonds. The van der Waals surface area contributed by atoms with E-state index in [1.165, 1.54) is 6.07 Å². The first kappa shape index (κ1) is 25.4. The lowest BCUT2D eigenvalue weighted by atomic mass is 10.00. The van der Waals surface area contributed by atoms with Gasteiger partial charge >= 0.3 is 6.03 Å². The normalized spacial score (nSPS) is 15.3. The molecule has 0 spiro atoms. The lowest BCUT2D eigenvalue weighted by Crippen LogP contribution is -2.43. The van der Waals surface area contributed by atoms with E-state index in [1.54, 1.807) is 48.5 Å². The largest absolute Gasteiger partial charge is 0.333 e. The Balaban J connectivity index is 1.64. The molecule has 0 fully saturated rings. The summed E-state index contributed by atoms with van der Waals surface area (Å²) in [6.07, 6.45) is 0.703. The number of anilines is 2. The molecule has 186 valence electrons. The van der Waals surface area contributed by atoms with Gasteiger partial charge in [0.05, 0.1) is 11.4 Å². The molecule has 0 saturated heterocycles. The summed E-state index contributed by atoms with van der Waals surface area (Å²) in [5.74, 6) is -0.563. The molecule has 3 aromatic rings. The Hall–Kier alpha value is -3.71. The smallest absolute Gasteiger partial charge is 0.319 e. The highest BCUT2D eigenvalue weighted by Gasteiger charge is 2.26. The minimum Gasteiger partial charge on any atom is -0.333 e. The zero-order chi connectivity index (χ0) is 25.9. The van der Waals surface area contributed by atoms with Crippen LogP contribution in [0, 0.1) is 5.82 Å². The van der Waals surface area contributed by atoms with Crippen LogP contribution in [-0.4, -0.2) is 29.2 Å². The van der Waals surface area contributed by atoms with Crippen LogP contribution in [0.3, 0.4) is 0 Å². The number of nitrogens with zero attached hydrogens (tertiary/aromatic N) is 1. The van der Waals surface area contributed by atoms with Gasteiger partial charge in [-0.05, 0) is 75.6 Å². The molecular weight excluding hydrogens is 479 g/mol. The number of rotatable bonds is 5. The van der Waals surface area contributed by atoms with Crippen molar-refractivity contribution in [2.24, 2.45) is 4.99 Å². The van der Waals surface area contributed by atoms with Crippen molar-refractivity contribution in [3.8, 4) is 0 Å². The second-order valence-electron chi connectivity index (χ2n) is 9.71. The summed E-state index contributed by atoms with van der Waals surface area (Å²) in [6.45, 7) is 5.71. The van der Waals surface area contributed by atoms with Gasteiger partial charge in [-0.2, -0.15) is 0 Å². The minimum atomic E-state index is -0.721. The molecule has 0 aromatic heterocycles. The molecule has 36 heavy (non-hydrogen) atoms. The van der Waals surface area contributed by atoms with Crippen LogP contribution < -0.4 is 16.0 Å². The van der Waals surface area contributed by atoms with Gasteiger partial charge in [-0.25, -0.2) is 9.18 Å². The predicted molar refractivity (Wildman–Crippen MR) is 143 cm³/mol. The highest BCUT2D eigenvalue weighted by molar-refractivity contribution is 6.32. The number of nitrogens with one attached hydrogen (secondary N) is 3. The fourth-order valence-electron chi connectivity index (χ4n) is 3.95. The number of carbonyl (C=O) groups is 2. The molecule has 1 unspecified atom stereocenters. The fraction of sp³-hybridized carbons (Fsp3) is 0.250. The molecule has 1 atom stereocenters. The number of hydrogen-bond donors (Lipinski definition) is 3. The van der Waals surface area contributed by atoms with Crippen LogP contribution in [0.2, 0.25) is 5.02 Å². The maximum atomic E-state index is 14.2. The van der Waals surface area contributed by atoms with Crippen LogP contribution in [0.5, 0.6) is 0 Å². The van der Waals surface area contributed by atoms with Crippen molar-refractivity contribution in [1.29, 1.82) is 0 Å². The number of aliphatic imine (C=N–C) groups is 1. The first-order valence-electron chi connectivity index (χ1n) is 11.7. The van der Waals surface area contributed by atoms with E-state index in [-0.39, 0.29) is 23.3 Å². The number of benzodiazepines with no additional fused rings is 1. The average Bonchev–Trinajstić information content (AvgIpc) is 2.94. The number of amides is 3. The van der Waals surface area contributed by atoms with Gasteiger partial charge < -0.3 is 16.0 Å². The molecule has 8 heteroatoms. The Morgan fingerprint density at radius 1 is 1.08 bits per heavy atom. The zero-order valence-electron chi connectivity index (χ0n) is 20.4. The van der Waals surface area contributed by atoms with Crippen molar-refractivity contribution < 1.29 is 14.0 Å². The summed E-state index contributed by atoms with van der Waals surface area (Å²) in [7, 11) is 0. The van der Waals surface area contributed by atoms with Gasteiger partial charge in [0, 0.05) is 27.4 Å². The molecule has 0 bridgehead atoms. The summed E-state index contributed by atoms with van der Waals surface area (Å²) in [5.41, 5.74) is 3.43. The number of hydrogen-bond acceptors (Lipinski definition) is 3. The quantitative estimate of drug-likeness (QED) is 0.385. The maximum Gasteiger partial charge on any atom is 0.319 e. The van der Waals surface area contributed by atoms with Crippen LogP contribution in [0.25, 0.3) is 0 Å². The molecular formula is C28H28ClFN4O2. The van der Waals surface area contributed by atoms with E-state index in [4.69, 9.17) is 16.6 Å². The monoisotopic (exact) mass is 506 g/mol. The van der Waals surface area contributed by atoms with Crippen LogP contribution in [0.1, 0.15) is 43.9 Å². The van der Waals surface area contributed by atoms with E-state index in [0.717, 1.165) is 5.56 Å². The third kappa shape index (κ3) is 6.29. The Labute approximate surface area is 215 Å². The number of benzene rings is 3. The van der Waals surface area contributed by atoms with Crippen molar-refractivity contribution in [2.45, 2.75) is 45.2 Å². The maximum absolute atomic E-state index is 14.2. The number of carbonyl (C=O) groups excluding carboxylic acids is 2. The molecule has 1 aliphatic rings. The Bertz CT molecular complexity index is 1320. The van der Waals surface area contributed by atoms with Gasteiger partial charge in [0.2, 0.25) is 5.91 Å². The van der Waals surface area contributed by atoms with E-state index in [2.05, 4.69) is 16.0 Å². The van der Waals surface area contributed by atoms with Gasteiger partial charge in [-0.15, -0.1) is 0 Å². The van der Waals surface area contributed by atoms with Crippen molar-refractivity contribution in [3.63, 3.8) is 0 Å². The van der Waals surface area contributed by atoms with E-state index in [1.807, 2.05) is 32.9 Å². The summed E-state index contributed by atoms with van der Waals surface area (Å²) in [5, 5.41) is 9.12. The highest BCUT2D eigenvalue weighted by atomic mass is 35.5. The van der Waals surface area contributed by atoms with Crippen molar-refractivity contribution in [2.75, 3.05) is 10.6 Å². The zero-order valence-corrected chi connectivity index (χ0v) is 21.1. The van der Waals surface area contributed by atoms with E-state index in [9.17, 15) is 14.0 Å². The molecule has 6 nitrogen and oxygen atoms in total. The van der Waals surface area contributed by atoms with E-state index in [0.29, 0.717) is 46.1 Å². The molecule has 3 N–H and O–H groups in total. The topological polar surface area (TPSA) is 82.6 Å². The Morgan fingerprint density at radius 2 is 1.81 bits per heavy atom. The van der Waals surface area contributed by atoms with Crippen molar-refractivity contribution in [1.82, 2.24) is 5.32 Å². The molecule has 0 aliphatic carbocycles. The Kier molecular flexibility index (Phi) is 7.40. The summed E-state index contributed by atoms with van der Waals surface area (Å²) in [4.78, 5) is 30.1. The minimum absolute atomic E-state index is 0.262. The standard InChI is InChI=1S/C28H28ClFN4O2/c1-28(2,3)34-27(36)31-20-12-8-18(9-13-20)25-21-16-19(29)11-15-23(21)33-26(35)24(32-25)14-10-17-6-4-5-7-22(17)30/h4-9,11-13,15-16,24H,10,14H2,1-3H3,(H,33,35)(H2,31,34,36). The van der Waals surface area contributed by atoms with E-state index < -0.39 is 6.04 Å². The highest BCUT2D eigenvalue weighted by Crippen LogP contribution is 2.29. The van der Waals surface area contributed by atoms with Gasteiger partial charge in [-0.3, -0.25) is 9.79 Å². The molecule has 4 rings (SSSR count). The molecule has 0 saturated carbocycles. The molecule has 3 aromatic carbocycles. The third-order valence-corrected chi connectivity index (χ3v) is 5.87. The molecule has 0 radical (unpaired) electrons.